The van der Waals surface area contributed by atoms with Gasteiger partial charge in [-0.05, 0) is 12.1 Å². The van der Waals surface area contributed by atoms with Gasteiger partial charge in [0.05, 0.1) is 12.6 Å². The Morgan fingerprint density at radius 3 is 2.39 bits per heavy atom. The predicted molar refractivity (Wildman–Crippen MR) is 60.2 cm³/mol. The SMILES string of the molecule is COCC(CCl)NC(=O)c1cc(F)c(F)c(F)c1. The molecule has 0 heterocycles. The van der Waals surface area contributed by atoms with Gasteiger partial charge >= 0.3 is 0 Å². The standard InChI is InChI=1S/C11H11ClF3NO2/c1-18-5-7(4-12)16-11(17)6-2-8(13)10(15)9(14)3-6/h2-3,7H,4-5H2,1H3,(H,16,17). The van der Waals surface area contributed by atoms with Crippen LogP contribution < -0.4 is 5.32 Å². The largest absolute Gasteiger partial charge is 0.383 e. The number of carbonyl (C=O) groups excluding carboxylic acids is 1. The Kier molecular flexibility index (Phi) is 5.43. The number of alkyl halides is 1. The molecule has 18 heavy (non-hydrogen) atoms. The summed E-state index contributed by atoms with van der Waals surface area (Å²) in [5, 5.41) is 2.41. The molecule has 0 saturated carbocycles. The Morgan fingerprint density at radius 1 is 1.39 bits per heavy atom. The summed E-state index contributed by atoms with van der Waals surface area (Å²) in [6.07, 6.45) is 0. The van der Waals surface area contributed by atoms with Gasteiger partial charge < -0.3 is 10.1 Å². The third kappa shape index (κ3) is 3.61. The van der Waals surface area contributed by atoms with Crippen molar-refractivity contribution < 1.29 is 22.7 Å². The van der Waals surface area contributed by atoms with Gasteiger partial charge in [-0.1, -0.05) is 0 Å². The summed E-state index contributed by atoms with van der Waals surface area (Å²) in [6.45, 7) is 0.154. The highest BCUT2D eigenvalue weighted by molar-refractivity contribution is 6.18. The van der Waals surface area contributed by atoms with Crippen molar-refractivity contribution in [2.75, 3.05) is 19.6 Å². The average Bonchev–Trinajstić information content (AvgIpc) is 2.34. The lowest BCUT2D eigenvalue weighted by molar-refractivity contribution is 0.0905. The topological polar surface area (TPSA) is 38.3 Å². The fourth-order valence-electron chi connectivity index (χ4n) is 1.28. The molecule has 100 valence electrons. The highest BCUT2D eigenvalue weighted by Crippen LogP contribution is 2.13. The van der Waals surface area contributed by atoms with Crippen LogP contribution in [-0.2, 0) is 4.74 Å². The van der Waals surface area contributed by atoms with E-state index in [1.165, 1.54) is 7.11 Å². The molecule has 0 saturated heterocycles. The zero-order valence-electron chi connectivity index (χ0n) is 9.47. The summed E-state index contributed by atoms with van der Waals surface area (Å²) in [5.41, 5.74) is -0.322. The Labute approximate surface area is 107 Å². The van der Waals surface area contributed by atoms with Gasteiger partial charge in [-0.2, -0.15) is 0 Å². The minimum absolute atomic E-state index is 0.0751. The first kappa shape index (κ1) is 14.8. The molecule has 3 nitrogen and oxygen atoms in total. The average molecular weight is 282 g/mol. The molecule has 1 N–H and O–H groups in total. The normalized spacial score (nSPS) is 12.3. The van der Waals surface area contributed by atoms with E-state index in [0.717, 1.165) is 0 Å². The quantitative estimate of drug-likeness (QED) is 0.663. The fourth-order valence-corrected chi connectivity index (χ4v) is 1.45. The Balaban J connectivity index is 2.84. The summed E-state index contributed by atoms with van der Waals surface area (Å²) in [7, 11) is 1.42. The van der Waals surface area contributed by atoms with Crippen molar-refractivity contribution in [3.05, 3.63) is 35.1 Å². The van der Waals surface area contributed by atoms with E-state index in [1.807, 2.05) is 0 Å². The van der Waals surface area contributed by atoms with E-state index in [0.29, 0.717) is 12.1 Å². The van der Waals surface area contributed by atoms with Crippen LogP contribution in [0.15, 0.2) is 12.1 Å². The zero-order chi connectivity index (χ0) is 13.7. The van der Waals surface area contributed by atoms with E-state index in [2.05, 4.69) is 5.32 Å². The monoisotopic (exact) mass is 281 g/mol. The molecule has 1 aromatic carbocycles. The number of rotatable bonds is 5. The van der Waals surface area contributed by atoms with E-state index in [1.54, 1.807) is 0 Å². The smallest absolute Gasteiger partial charge is 0.251 e. The van der Waals surface area contributed by atoms with Gasteiger partial charge in [-0.3, -0.25) is 4.79 Å². The summed E-state index contributed by atoms with van der Waals surface area (Å²) < 4.78 is 43.3. The minimum atomic E-state index is -1.61. The predicted octanol–water partition coefficient (Wildman–Crippen LogP) is 2.09. The minimum Gasteiger partial charge on any atom is -0.383 e. The number of amides is 1. The van der Waals surface area contributed by atoms with E-state index in [9.17, 15) is 18.0 Å². The first-order chi connectivity index (χ1) is 8.49. The maximum Gasteiger partial charge on any atom is 0.251 e. The number of ether oxygens (including phenoxy) is 1. The van der Waals surface area contributed by atoms with Crippen LogP contribution in [0.5, 0.6) is 0 Å². The van der Waals surface area contributed by atoms with Crippen LogP contribution in [0, 0.1) is 17.5 Å². The Bertz CT molecular complexity index is 419. The summed E-state index contributed by atoms with van der Waals surface area (Å²) >= 11 is 5.56. The van der Waals surface area contributed by atoms with Crippen molar-refractivity contribution >= 4 is 17.5 Å². The summed E-state index contributed by atoms with van der Waals surface area (Å²) in [5.74, 6) is -5.14. The van der Waals surface area contributed by atoms with Crippen molar-refractivity contribution in [2.45, 2.75) is 6.04 Å². The number of benzene rings is 1. The van der Waals surface area contributed by atoms with Crippen LogP contribution in [0.25, 0.3) is 0 Å². The van der Waals surface area contributed by atoms with Crippen molar-refractivity contribution in [2.24, 2.45) is 0 Å². The maximum absolute atomic E-state index is 12.9. The molecule has 0 aliphatic carbocycles. The summed E-state index contributed by atoms with van der Waals surface area (Å²) in [6, 6.07) is 0.734. The molecule has 1 amide bonds. The number of halogens is 4. The lowest BCUT2D eigenvalue weighted by Crippen LogP contribution is -2.39. The van der Waals surface area contributed by atoms with Gasteiger partial charge in [0.1, 0.15) is 0 Å². The highest BCUT2D eigenvalue weighted by atomic mass is 35.5. The third-order valence-electron chi connectivity index (χ3n) is 2.14. The van der Waals surface area contributed by atoms with E-state index in [4.69, 9.17) is 16.3 Å². The van der Waals surface area contributed by atoms with Gasteiger partial charge in [-0.15, -0.1) is 11.6 Å². The molecule has 0 bridgehead atoms. The van der Waals surface area contributed by atoms with Crippen LogP contribution in [0.3, 0.4) is 0 Å². The van der Waals surface area contributed by atoms with Gasteiger partial charge in [0.2, 0.25) is 0 Å². The van der Waals surface area contributed by atoms with Crippen molar-refractivity contribution in [3.8, 4) is 0 Å². The Morgan fingerprint density at radius 2 is 1.94 bits per heavy atom. The number of methoxy groups -OCH3 is 1. The van der Waals surface area contributed by atoms with Gasteiger partial charge in [0, 0.05) is 18.6 Å². The Hall–Kier alpha value is -1.27. The first-order valence-electron chi connectivity index (χ1n) is 5.00. The van der Waals surface area contributed by atoms with Crippen molar-refractivity contribution in [1.82, 2.24) is 5.32 Å². The number of nitrogens with one attached hydrogen (secondary N) is 1. The molecule has 0 spiro atoms. The van der Waals surface area contributed by atoms with Crippen LogP contribution in [-0.4, -0.2) is 31.5 Å². The van der Waals surface area contributed by atoms with Crippen LogP contribution >= 0.6 is 11.6 Å². The van der Waals surface area contributed by atoms with Crippen molar-refractivity contribution in [3.63, 3.8) is 0 Å². The molecule has 1 rings (SSSR count). The third-order valence-corrected chi connectivity index (χ3v) is 2.51. The second kappa shape index (κ2) is 6.61. The lowest BCUT2D eigenvalue weighted by atomic mass is 10.2. The second-order valence-electron chi connectivity index (χ2n) is 3.53. The van der Waals surface area contributed by atoms with Gasteiger partial charge in [-0.25, -0.2) is 13.2 Å². The van der Waals surface area contributed by atoms with Crippen molar-refractivity contribution in [1.29, 1.82) is 0 Å². The number of carbonyl (C=O) groups is 1. The molecule has 0 radical (unpaired) electrons. The molecular formula is C11H11ClF3NO2. The maximum atomic E-state index is 12.9. The molecule has 0 aliphatic rings. The molecule has 1 atom stereocenters. The number of hydrogen-bond acceptors (Lipinski definition) is 2. The molecular weight excluding hydrogens is 271 g/mol. The van der Waals surface area contributed by atoms with Crippen LogP contribution in [0.1, 0.15) is 10.4 Å². The van der Waals surface area contributed by atoms with Crippen LogP contribution in [0.2, 0.25) is 0 Å². The molecule has 0 aliphatic heterocycles. The molecule has 1 aromatic rings. The van der Waals surface area contributed by atoms with Gasteiger partial charge in [0.15, 0.2) is 17.5 Å². The lowest BCUT2D eigenvalue weighted by Gasteiger charge is -2.15. The molecule has 7 heteroatoms. The number of hydrogen-bond donors (Lipinski definition) is 1. The molecule has 0 fully saturated rings. The van der Waals surface area contributed by atoms with Crippen LogP contribution in [0.4, 0.5) is 13.2 Å². The molecule has 0 aromatic heterocycles. The fraction of sp³-hybridized carbons (Fsp3) is 0.364. The van der Waals surface area contributed by atoms with E-state index < -0.39 is 29.4 Å². The molecule has 1 unspecified atom stereocenters. The van der Waals surface area contributed by atoms with E-state index >= 15 is 0 Å². The summed E-state index contributed by atoms with van der Waals surface area (Å²) in [4.78, 5) is 11.6. The second-order valence-corrected chi connectivity index (χ2v) is 3.84. The van der Waals surface area contributed by atoms with Gasteiger partial charge in [0.25, 0.3) is 5.91 Å². The first-order valence-corrected chi connectivity index (χ1v) is 5.53. The zero-order valence-corrected chi connectivity index (χ0v) is 10.2. The highest BCUT2D eigenvalue weighted by Gasteiger charge is 2.17. The van der Waals surface area contributed by atoms with E-state index in [-0.39, 0.29) is 18.1 Å².